The lowest BCUT2D eigenvalue weighted by atomic mass is 9.62. The number of nitrogens with zero attached hydrogens (tertiary/aromatic N) is 2. The Hall–Kier alpha value is -3.92. The normalized spacial score (nSPS) is 23.4. The monoisotopic (exact) mass is 443 g/mol. The van der Waals surface area contributed by atoms with Crippen molar-refractivity contribution in [3.05, 3.63) is 88.3 Å². The molecule has 1 spiro atoms. The number of ketones is 1. The second-order valence-electron chi connectivity index (χ2n) is 9.48. The number of rotatable bonds is 2. The molecule has 7 heteroatoms. The molecule has 6 nitrogen and oxygen atoms in total. The summed E-state index contributed by atoms with van der Waals surface area (Å²) in [6, 6.07) is 15.0. The number of hydrogen-bond acceptors (Lipinski definition) is 5. The molecule has 33 heavy (non-hydrogen) atoms. The minimum atomic E-state index is -1.66. The average molecular weight is 443 g/mol. The maximum absolute atomic E-state index is 14.3. The van der Waals surface area contributed by atoms with Crippen molar-refractivity contribution in [3.63, 3.8) is 0 Å². The van der Waals surface area contributed by atoms with Gasteiger partial charge in [0.1, 0.15) is 28.6 Å². The van der Waals surface area contributed by atoms with Crippen LogP contribution in [0.3, 0.4) is 0 Å². The third-order valence-corrected chi connectivity index (χ3v) is 6.60. The predicted molar refractivity (Wildman–Crippen MR) is 119 cm³/mol. The molecule has 0 saturated heterocycles. The summed E-state index contributed by atoms with van der Waals surface area (Å²) in [5, 5.41) is 10.1. The molecule has 0 saturated carbocycles. The lowest BCUT2D eigenvalue weighted by Gasteiger charge is -2.41. The summed E-state index contributed by atoms with van der Waals surface area (Å²) in [4.78, 5) is 29.3. The SMILES string of the molecule is CC1(C)CC(=O)C2=C(C1)OC(N)=C(C#N)[C@@]21C(=O)N(Cc2ccc(F)cc2)c2ccccc21. The smallest absolute Gasteiger partial charge is 0.248 e. The van der Waals surface area contributed by atoms with Gasteiger partial charge in [-0.15, -0.1) is 0 Å². The lowest BCUT2D eigenvalue weighted by Crippen LogP contribution is -2.50. The van der Waals surface area contributed by atoms with Gasteiger partial charge in [-0.25, -0.2) is 4.39 Å². The van der Waals surface area contributed by atoms with E-state index in [9.17, 15) is 19.2 Å². The minimum Gasteiger partial charge on any atom is -0.444 e. The summed E-state index contributed by atoms with van der Waals surface area (Å²) in [5.74, 6) is -0.849. The molecular formula is C26H22FN3O3. The highest BCUT2D eigenvalue weighted by atomic mass is 19.1. The minimum absolute atomic E-state index is 0.0756. The van der Waals surface area contributed by atoms with Gasteiger partial charge in [0.2, 0.25) is 11.8 Å². The summed E-state index contributed by atoms with van der Waals surface area (Å²) < 4.78 is 19.2. The molecule has 166 valence electrons. The van der Waals surface area contributed by atoms with Crippen molar-refractivity contribution in [2.75, 3.05) is 4.90 Å². The molecule has 2 N–H and O–H groups in total. The van der Waals surface area contributed by atoms with Crippen molar-refractivity contribution in [3.8, 4) is 6.07 Å². The van der Waals surface area contributed by atoms with Crippen LogP contribution >= 0.6 is 0 Å². The number of allylic oxidation sites excluding steroid dienone is 1. The van der Waals surface area contributed by atoms with Crippen LogP contribution in [0.1, 0.15) is 37.8 Å². The summed E-state index contributed by atoms with van der Waals surface area (Å²) in [7, 11) is 0. The van der Waals surface area contributed by atoms with E-state index in [1.54, 1.807) is 36.4 Å². The summed E-state index contributed by atoms with van der Waals surface area (Å²) in [6.07, 6.45) is 0.644. The van der Waals surface area contributed by atoms with Gasteiger partial charge in [0, 0.05) is 24.1 Å². The molecule has 0 radical (unpaired) electrons. The van der Waals surface area contributed by atoms with Crippen LogP contribution < -0.4 is 10.6 Å². The Morgan fingerprint density at radius 1 is 1.12 bits per heavy atom. The highest BCUT2D eigenvalue weighted by Gasteiger charge is 2.62. The fourth-order valence-corrected chi connectivity index (χ4v) is 5.27. The van der Waals surface area contributed by atoms with Crippen LogP contribution in [-0.4, -0.2) is 11.7 Å². The van der Waals surface area contributed by atoms with Crippen LogP contribution in [0, 0.1) is 22.6 Å². The summed E-state index contributed by atoms with van der Waals surface area (Å²) >= 11 is 0. The molecule has 2 aliphatic heterocycles. The van der Waals surface area contributed by atoms with Crippen molar-refractivity contribution in [2.45, 2.75) is 38.6 Å². The van der Waals surface area contributed by atoms with Gasteiger partial charge in [-0.3, -0.25) is 9.59 Å². The Morgan fingerprint density at radius 2 is 1.82 bits per heavy atom. The van der Waals surface area contributed by atoms with Crippen LogP contribution in [0.4, 0.5) is 10.1 Å². The third kappa shape index (κ3) is 2.91. The van der Waals surface area contributed by atoms with Gasteiger partial charge in [-0.1, -0.05) is 44.2 Å². The zero-order valence-electron chi connectivity index (χ0n) is 18.3. The van der Waals surface area contributed by atoms with Crippen LogP contribution in [0.5, 0.6) is 0 Å². The Balaban J connectivity index is 1.76. The van der Waals surface area contributed by atoms with Crippen molar-refractivity contribution in [2.24, 2.45) is 11.1 Å². The van der Waals surface area contributed by atoms with E-state index in [0.717, 1.165) is 0 Å². The highest BCUT2D eigenvalue weighted by Crippen LogP contribution is 2.57. The molecule has 1 amide bonds. The molecule has 3 aliphatic rings. The summed E-state index contributed by atoms with van der Waals surface area (Å²) in [5.41, 5.74) is 6.12. The van der Waals surface area contributed by atoms with E-state index in [4.69, 9.17) is 10.5 Å². The molecule has 2 aromatic carbocycles. The maximum atomic E-state index is 14.3. The standard InChI is InChI=1S/C26H22FN3O3/c1-25(2)11-20(31)22-21(12-25)33-23(29)18(13-28)26(22)17-5-3-4-6-19(17)30(24(26)32)14-15-7-9-16(27)10-8-15/h3-10H,11-12,14,29H2,1-2H3/t26-/m1/s1. The molecule has 0 bridgehead atoms. The Morgan fingerprint density at radius 3 is 2.52 bits per heavy atom. The second kappa shape index (κ2) is 7.04. The number of carbonyl (C=O) groups is 2. The van der Waals surface area contributed by atoms with E-state index in [0.29, 0.717) is 29.0 Å². The number of halogens is 1. The molecule has 2 heterocycles. The van der Waals surface area contributed by atoms with Gasteiger partial charge in [0.25, 0.3) is 0 Å². The van der Waals surface area contributed by atoms with Gasteiger partial charge in [0.15, 0.2) is 5.78 Å². The van der Waals surface area contributed by atoms with E-state index in [2.05, 4.69) is 6.07 Å². The first-order chi connectivity index (χ1) is 15.7. The van der Waals surface area contributed by atoms with Crippen LogP contribution in [0.15, 0.2) is 71.3 Å². The highest BCUT2D eigenvalue weighted by molar-refractivity contribution is 6.20. The molecule has 1 aliphatic carbocycles. The number of anilines is 1. The maximum Gasteiger partial charge on any atom is 0.248 e. The van der Waals surface area contributed by atoms with Crippen LogP contribution in [-0.2, 0) is 26.3 Å². The Bertz CT molecular complexity index is 1320. The number of ether oxygens (including phenoxy) is 1. The van der Waals surface area contributed by atoms with E-state index in [-0.39, 0.29) is 47.0 Å². The number of hydrogen-bond donors (Lipinski definition) is 1. The summed E-state index contributed by atoms with van der Waals surface area (Å²) in [6.45, 7) is 4.06. The van der Waals surface area contributed by atoms with Crippen LogP contribution in [0.25, 0.3) is 0 Å². The van der Waals surface area contributed by atoms with E-state index in [1.807, 2.05) is 13.8 Å². The van der Waals surface area contributed by atoms with E-state index >= 15 is 0 Å². The molecule has 0 aromatic heterocycles. The molecule has 5 rings (SSSR count). The fraction of sp³-hybridized carbons (Fsp3) is 0.269. The number of para-hydroxylation sites is 1. The van der Waals surface area contributed by atoms with E-state index in [1.165, 1.54) is 17.0 Å². The predicted octanol–water partition coefficient (Wildman–Crippen LogP) is 3.98. The van der Waals surface area contributed by atoms with E-state index < -0.39 is 11.3 Å². The number of carbonyl (C=O) groups excluding carboxylic acids is 2. The molecule has 2 aromatic rings. The lowest BCUT2D eigenvalue weighted by molar-refractivity contribution is -0.125. The zero-order chi connectivity index (χ0) is 23.5. The molecule has 1 atom stereocenters. The van der Waals surface area contributed by atoms with Crippen LogP contribution in [0.2, 0.25) is 0 Å². The fourth-order valence-electron chi connectivity index (χ4n) is 5.27. The largest absolute Gasteiger partial charge is 0.444 e. The van der Waals surface area contributed by atoms with Crippen molar-refractivity contribution in [1.29, 1.82) is 5.26 Å². The third-order valence-electron chi connectivity index (χ3n) is 6.60. The molecular weight excluding hydrogens is 421 g/mol. The quantitative estimate of drug-likeness (QED) is 0.757. The number of nitriles is 1. The van der Waals surface area contributed by atoms with Gasteiger partial charge in [0.05, 0.1) is 12.1 Å². The number of Topliss-reactive ketones (excluding diaryl/α,β-unsaturated/α-hetero) is 1. The number of fused-ring (bicyclic) bond motifs is 3. The number of amides is 1. The average Bonchev–Trinajstić information content (AvgIpc) is 2.98. The van der Waals surface area contributed by atoms with Gasteiger partial charge < -0.3 is 15.4 Å². The number of benzene rings is 2. The second-order valence-corrected chi connectivity index (χ2v) is 9.48. The first-order valence-corrected chi connectivity index (χ1v) is 10.7. The zero-order valence-corrected chi connectivity index (χ0v) is 18.3. The first kappa shape index (κ1) is 21.0. The van der Waals surface area contributed by atoms with Crippen molar-refractivity contribution in [1.82, 2.24) is 0 Å². The van der Waals surface area contributed by atoms with Gasteiger partial charge in [-0.05, 0) is 29.2 Å². The number of nitrogens with two attached hydrogens (primary N) is 1. The molecule has 0 unspecified atom stereocenters. The van der Waals surface area contributed by atoms with Gasteiger partial charge >= 0.3 is 0 Å². The topological polar surface area (TPSA) is 96.4 Å². The first-order valence-electron chi connectivity index (χ1n) is 10.7. The van der Waals surface area contributed by atoms with Gasteiger partial charge in [-0.2, -0.15) is 5.26 Å². The molecule has 0 fully saturated rings. The van der Waals surface area contributed by atoms with Crippen molar-refractivity contribution < 1.29 is 18.7 Å². The van der Waals surface area contributed by atoms with Crippen molar-refractivity contribution >= 4 is 17.4 Å². The Labute approximate surface area is 190 Å². The Kier molecular flexibility index (Phi) is 4.47.